The van der Waals surface area contributed by atoms with Crippen LogP contribution in [0.15, 0.2) is 41.5 Å². The van der Waals surface area contributed by atoms with Gasteiger partial charge in [-0.15, -0.1) is 0 Å². The number of fused-ring (bicyclic) bond motifs is 7. The molecule has 4 fully saturated rings. The molecular weight excluding hydrogens is 715 g/mol. The van der Waals surface area contributed by atoms with E-state index in [9.17, 15) is 29.4 Å². The van der Waals surface area contributed by atoms with Gasteiger partial charge in [-0.1, -0.05) is 98.2 Å². The standard InChI is InChI=1S/C49H73NO7/c1-30(2)25-39(53)50(28-32-15-13-12-14-16-32)29-37(52)49-24-23-47(10)33(42(49)41(31(3)4)34(51)26-49)17-18-36-46(9)21-20-38(57-40(54)27-44(5,6)43(55)56)45(7,8)35(46)19-22-48(36,47)11/h12-16,30-31,33,35-38,52H,17-29H2,1-11H3,(H,55,56)/t33-,35+,36-,37+,38+,46+,47-,48-,49+/m1/s1. The van der Waals surface area contributed by atoms with Gasteiger partial charge in [0.05, 0.1) is 17.9 Å². The first-order chi connectivity index (χ1) is 26.4. The lowest BCUT2D eigenvalue weighted by molar-refractivity contribution is -0.235. The van der Waals surface area contributed by atoms with Gasteiger partial charge >= 0.3 is 11.9 Å². The zero-order valence-electron chi connectivity index (χ0n) is 37.0. The molecule has 4 saturated carbocycles. The van der Waals surface area contributed by atoms with Gasteiger partial charge in [0.2, 0.25) is 5.91 Å². The summed E-state index contributed by atoms with van der Waals surface area (Å²) in [7, 11) is 0. The normalized spacial score (nSPS) is 35.2. The summed E-state index contributed by atoms with van der Waals surface area (Å²) in [6.45, 7) is 24.2. The van der Waals surface area contributed by atoms with Crippen LogP contribution in [0.1, 0.15) is 152 Å². The van der Waals surface area contributed by atoms with E-state index in [1.807, 2.05) is 35.2 Å². The molecule has 9 atom stereocenters. The zero-order valence-corrected chi connectivity index (χ0v) is 37.0. The highest BCUT2D eigenvalue weighted by Gasteiger charge is 2.71. The summed E-state index contributed by atoms with van der Waals surface area (Å²) in [5.74, 6) is -0.0257. The number of aliphatic carboxylic acids is 1. The topological polar surface area (TPSA) is 121 Å². The summed E-state index contributed by atoms with van der Waals surface area (Å²) < 4.78 is 6.18. The quantitative estimate of drug-likeness (QED) is 0.202. The third-order valence-electron chi connectivity index (χ3n) is 17.0. The van der Waals surface area contributed by atoms with Crippen molar-refractivity contribution in [1.82, 2.24) is 4.90 Å². The third kappa shape index (κ3) is 7.24. The Bertz CT molecular complexity index is 1760. The van der Waals surface area contributed by atoms with Gasteiger partial charge < -0.3 is 19.8 Å². The number of carbonyl (C=O) groups excluding carboxylic acids is 3. The smallest absolute Gasteiger partial charge is 0.309 e. The second kappa shape index (κ2) is 15.2. The number of rotatable bonds is 12. The van der Waals surface area contributed by atoms with Crippen LogP contribution in [0.25, 0.3) is 0 Å². The monoisotopic (exact) mass is 788 g/mol. The van der Waals surface area contributed by atoms with Gasteiger partial charge in [-0.05, 0) is 122 Å². The Balaban J connectivity index is 1.30. The molecule has 0 bridgehead atoms. The van der Waals surface area contributed by atoms with E-state index in [0.717, 1.165) is 62.5 Å². The second-order valence-corrected chi connectivity index (χ2v) is 21.9. The maximum atomic E-state index is 14.3. The number of ketones is 1. The molecule has 1 aromatic carbocycles. The van der Waals surface area contributed by atoms with Crippen molar-refractivity contribution in [3.05, 3.63) is 47.0 Å². The summed E-state index contributed by atoms with van der Waals surface area (Å²) in [5, 5.41) is 22.3. The number of benzene rings is 1. The molecule has 0 heterocycles. The predicted molar refractivity (Wildman–Crippen MR) is 223 cm³/mol. The number of nitrogens with zero attached hydrogens (tertiary/aromatic N) is 1. The lowest BCUT2D eigenvalue weighted by Crippen LogP contribution is -2.66. The molecule has 0 unspecified atom stereocenters. The minimum absolute atomic E-state index is 0.00329. The van der Waals surface area contributed by atoms with Crippen LogP contribution in [-0.2, 0) is 30.5 Å². The minimum atomic E-state index is -1.18. The number of hydrogen-bond donors (Lipinski definition) is 2. The average Bonchev–Trinajstić information content (AvgIpc) is 3.42. The Hall–Kier alpha value is -3.00. The maximum Gasteiger partial charge on any atom is 0.309 e. The molecule has 0 aliphatic heterocycles. The number of esters is 1. The molecule has 1 amide bonds. The van der Waals surface area contributed by atoms with Crippen LogP contribution in [0.3, 0.4) is 0 Å². The van der Waals surface area contributed by atoms with Crippen LogP contribution < -0.4 is 0 Å². The lowest BCUT2D eigenvalue weighted by atomic mass is 9.33. The third-order valence-corrected chi connectivity index (χ3v) is 17.0. The van der Waals surface area contributed by atoms with Crippen molar-refractivity contribution in [2.24, 2.45) is 62.1 Å². The summed E-state index contributed by atoms with van der Waals surface area (Å²) in [5.41, 5.74) is 0.984. The number of ether oxygens (including phenoxy) is 1. The second-order valence-electron chi connectivity index (χ2n) is 21.9. The molecule has 8 nitrogen and oxygen atoms in total. The van der Waals surface area contributed by atoms with Crippen molar-refractivity contribution in [2.75, 3.05) is 6.54 Å². The molecule has 0 aromatic heterocycles. The molecule has 0 spiro atoms. The van der Waals surface area contributed by atoms with Crippen LogP contribution >= 0.6 is 0 Å². The van der Waals surface area contributed by atoms with Crippen LogP contribution in [-0.4, -0.2) is 57.5 Å². The highest BCUT2D eigenvalue weighted by Crippen LogP contribution is 2.77. The molecule has 5 aliphatic carbocycles. The molecule has 316 valence electrons. The number of aliphatic hydroxyl groups excluding tert-OH is 1. The van der Waals surface area contributed by atoms with Gasteiger partial charge in [-0.2, -0.15) is 0 Å². The molecule has 57 heavy (non-hydrogen) atoms. The first kappa shape index (κ1) is 43.6. The number of aliphatic hydroxyl groups is 1. The van der Waals surface area contributed by atoms with Crippen molar-refractivity contribution in [2.45, 2.75) is 166 Å². The van der Waals surface area contributed by atoms with Crippen molar-refractivity contribution in [3.8, 4) is 0 Å². The number of hydrogen-bond acceptors (Lipinski definition) is 6. The van der Waals surface area contributed by atoms with Crippen molar-refractivity contribution >= 4 is 23.6 Å². The minimum Gasteiger partial charge on any atom is -0.481 e. The van der Waals surface area contributed by atoms with Gasteiger partial charge in [-0.3, -0.25) is 19.2 Å². The molecular formula is C49H73NO7. The fraction of sp³-hybridized carbons (Fsp3) is 0.755. The van der Waals surface area contributed by atoms with E-state index in [1.165, 1.54) is 5.57 Å². The number of allylic oxidation sites excluding steroid dienone is 1. The Labute approximate surface area is 343 Å². The number of Topliss-reactive ketones (excluding diaryl/α,β-unsaturated/α-hetero) is 1. The summed E-state index contributed by atoms with van der Waals surface area (Å²) in [6, 6.07) is 10.0. The molecule has 5 aliphatic rings. The predicted octanol–water partition coefficient (Wildman–Crippen LogP) is 9.82. The molecule has 8 heteroatoms. The number of amides is 1. The van der Waals surface area contributed by atoms with Gasteiger partial charge in [-0.25, -0.2) is 0 Å². The van der Waals surface area contributed by atoms with Gasteiger partial charge in [0.15, 0.2) is 5.78 Å². The van der Waals surface area contributed by atoms with Crippen LogP contribution in [0, 0.1) is 62.1 Å². The lowest BCUT2D eigenvalue weighted by Gasteiger charge is -2.72. The fourth-order valence-corrected chi connectivity index (χ4v) is 13.8. The largest absolute Gasteiger partial charge is 0.481 e. The summed E-state index contributed by atoms with van der Waals surface area (Å²) in [6.07, 6.45) is 6.89. The average molecular weight is 788 g/mol. The van der Waals surface area contributed by atoms with E-state index in [1.54, 1.807) is 13.8 Å². The van der Waals surface area contributed by atoms with E-state index in [2.05, 4.69) is 62.3 Å². The van der Waals surface area contributed by atoms with Crippen LogP contribution in [0.5, 0.6) is 0 Å². The summed E-state index contributed by atoms with van der Waals surface area (Å²) >= 11 is 0. The Kier molecular flexibility index (Phi) is 11.6. The number of carbonyl (C=O) groups is 4. The zero-order chi connectivity index (χ0) is 42.1. The van der Waals surface area contributed by atoms with Crippen LogP contribution in [0.4, 0.5) is 0 Å². The number of carboxylic acids is 1. The summed E-state index contributed by atoms with van der Waals surface area (Å²) in [4.78, 5) is 54.9. The first-order valence-corrected chi connectivity index (χ1v) is 22.1. The highest BCUT2D eigenvalue weighted by molar-refractivity contribution is 6.00. The SMILES string of the molecule is CC(C)CC(=O)N(Cc1ccccc1)C[C@H](O)[C@@]12CC[C@]3(C)[C@H](CC[C@@H]4[C@@]5(C)CC[C@H](OC(=O)CC(C)(C)C(=O)O)C(C)(C)[C@@H]5CC[C@]43C)C1=C(C(C)C)C(=O)C2. The molecule has 6 rings (SSSR count). The Morgan fingerprint density at radius 2 is 1.54 bits per heavy atom. The fourth-order valence-electron chi connectivity index (χ4n) is 13.8. The van der Waals surface area contributed by atoms with Gasteiger partial charge in [0.25, 0.3) is 0 Å². The maximum absolute atomic E-state index is 14.3. The van der Waals surface area contributed by atoms with Gasteiger partial charge in [0, 0.05) is 36.8 Å². The van der Waals surface area contributed by atoms with E-state index in [-0.39, 0.29) is 70.2 Å². The van der Waals surface area contributed by atoms with Gasteiger partial charge in [0.1, 0.15) is 6.10 Å². The first-order valence-electron chi connectivity index (χ1n) is 22.1. The van der Waals surface area contributed by atoms with E-state index in [0.29, 0.717) is 31.2 Å². The Morgan fingerprint density at radius 1 is 0.877 bits per heavy atom. The van der Waals surface area contributed by atoms with Crippen molar-refractivity contribution in [1.29, 1.82) is 0 Å². The Morgan fingerprint density at radius 3 is 2.16 bits per heavy atom. The molecule has 0 radical (unpaired) electrons. The van der Waals surface area contributed by atoms with E-state index >= 15 is 0 Å². The van der Waals surface area contributed by atoms with Crippen molar-refractivity contribution < 1.29 is 34.1 Å². The highest BCUT2D eigenvalue weighted by atomic mass is 16.5. The van der Waals surface area contributed by atoms with E-state index in [4.69, 9.17) is 4.74 Å². The van der Waals surface area contributed by atoms with E-state index < -0.39 is 28.9 Å². The van der Waals surface area contributed by atoms with Crippen molar-refractivity contribution in [3.63, 3.8) is 0 Å². The molecule has 2 N–H and O–H groups in total. The molecule has 1 aromatic rings. The number of carboxylic acid groups (broad SMARTS) is 1. The molecule has 0 saturated heterocycles. The van der Waals surface area contributed by atoms with Crippen LogP contribution in [0.2, 0.25) is 0 Å².